The Balaban J connectivity index is 2.03. The number of nitrogen functional groups attached to an aromatic ring is 1. The van der Waals surface area contributed by atoms with Gasteiger partial charge in [0.2, 0.25) is 0 Å². The monoisotopic (exact) mass is 255 g/mol. The van der Waals surface area contributed by atoms with E-state index in [0.717, 1.165) is 12.1 Å². The van der Waals surface area contributed by atoms with E-state index < -0.39 is 9.84 Å². The first kappa shape index (κ1) is 12.3. The number of hydrogen-bond donors (Lipinski definition) is 1. The second-order valence-corrected chi connectivity index (χ2v) is 6.75. The first-order valence-corrected chi connectivity index (χ1v) is 7.43. The molecule has 0 amide bonds. The smallest absolute Gasteiger partial charge is 0.153 e. The van der Waals surface area contributed by atoms with Crippen LogP contribution in [-0.2, 0) is 16.4 Å². The molecule has 1 aromatic heterocycles. The summed E-state index contributed by atoms with van der Waals surface area (Å²) >= 11 is 0. The van der Waals surface area contributed by atoms with Gasteiger partial charge in [-0.25, -0.2) is 13.4 Å². The normalized spacial score (nSPS) is 24.6. The van der Waals surface area contributed by atoms with Crippen molar-refractivity contribution in [3.63, 3.8) is 0 Å². The zero-order chi connectivity index (χ0) is 12.5. The van der Waals surface area contributed by atoms with Gasteiger partial charge in [-0.05, 0) is 18.6 Å². The average molecular weight is 255 g/mol. The molecule has 6 heteroatoms. The molecule has 5 nitrogen and oxygen atoms in total. The molecule has 2 N–H and O–H groups in total. The molecule has 1 aliphatic heterocycles. The van der Waals surface area contributed by atoms with E-state index in [1.807, 2.05) is 13.0 Å². The zero-order valence-corrected chi connectivity index (χ0v) is 10.7. The molecule has 1 unspecified atom stereocenters. The minimum Gasteiger partial charge on any atom is -0.384 e. The summed E-state index contributed by atoms with van der Waals surface area (Å²) < 4.78 is 22.9. The summed E-state index contributed by atoms with van der Waals surface area (Å²) in [6, 6.07) is 3.75. The van der Waals surface area contributed by atoms with Gasteiger partial charge in [-0.15, -0.1) is 0 Å². The lowest BCUT2D eigenvalue weighted by Gasteiger charge is -2.32. The number of nitrogens with zero attached hydrogens (tertiary/aromatic N) is 2. The topological polar surface area (TPSA) is 76.3 Å². The maximum Gasteiger partial charge on any atom is 0.153 e. The van der Waals surface area contributed by atoms with Crippen molar-refractivity contribution < 1.29 is 8.42 Å². The molecule has 0 spiro atoms. The van der Waals surface area contributed by atoms with Crippen molar-refractivity contribution in [1.82, 2.24) is 9.88 Å². The van der Waals surface area contributed by atoms with E-state index in [2.05, 4.69) is 9.88 Å². The molecule has 0 bridgehead atoms. The van der Waals surface area contributed by atoms with E-state index in [0.29, 0.717) is 12.4 Å². The molecule has 17 heavy (non-hydrogen) atoms. The van der Waals surface area contributed by atoms with Gasteiger partial charge in [0.05, 0.1) is 11.5 Å². The zero-order valence-electron chi connectivity index (χ0n) is 9.83. The molecule has 1 saturated heterocycles. The quantitative estimate of drug-likeness (QED) is 0.821. The van der Waals surface area contributed by atoms with Gasteiger partial charge in [-0.1, -0.05) is 6.07 Å². The van der Waals surface area contributed by atoms with Crippen LogP contribution < -0.4 is 5.73 Å². The van der Waals surface area contributed by atoms with Crippen LogP contribution in [0.5, 0.6) is 0 Å². The van der Waals surface area contributed by atoms with E-state index in [1.165, 1.54) is 0 Å². The van der Waals surface area contributed by atoms with Gasteiger partial charge in [-0.3, -0.25) is 4.90 Å². The highest BCUT2D eigenvalue weighted by Crippen LogP contribution is 2.15. The predicted molar refractivity (Wildman–Crippen MR) is 67.2 cm³/mol. The van der Waals surface area contributed by atoms with Crippen molar-refractivity contribution in [2.45, 2.75) is 19.5 Å². The molecule has 1 atom stereocenters. The first-order chi connectivity index (χ1) is 7.96. The van der Waals surface area contributed by atoms with Crippen molar-refractivity contribution in [1.29, 1.82) is 0 Å². The minimum absolute atomic E-state index is 0.0614. The van der Waals surface area contributed by atoms with Crippen LogP contribution in [0.2, 0.25) is 0 Å². The standard InChI is InChI=1S/C11H17N3O2S/c1-9-8-17(15,16)5-4-14(9)7-10-2-3-11(12)13-6-10/h2-3,6,9H,4-5,7-8H2,1H3,(H2,12,13). The van der Waals surface area contributed by atoms with Gasteiger partial charge in [-0.2, -0.15) is 0 Å². The summed E-state index contributed by atoms with van der Waals surface area (Å²) in [4.78, 5) is 6.19. The van der Waals surface area contributed by atoms with Crippen LogP contribution in [0, 0.1) is 0 Å². The van der Waals surface area contributed by atoms with Gasteiger partial charge in [0, 0.05) is 25.3 Å². The van der Waals surface area contributed by atoms with Gasteiger partial charge in [0.25, 0.3) is 0 Å². The summed E-state index contributed by atoms with van der Waals surface area (Å²) in [7, 11) is -2.84. The Bertz CT molecular complexity index is 484. The molecular weight excluding hydrogens is 238 g/mol. The number of hydrogen-bond acceptors (Lipinski definition) is 5. The molecule has 2 heterocycles. The number of nitrogens with two attached hydrogens (primary N) is 1. The second-order valence-electron chi connectivity index (χ2n) is 4.53. The molecule has 2 rings (SSSR count). The SMILES string of the molecule is CC1CS(=O)(=O)CCN1Cc1ccc(N)nc1. The lowest BCUT2D eigenvalue weighted by molar-refractivity contribution is 0.218. The Kier molecular flexibility index (Phi) is 3.35. The third-order valence-electron chi connectivity index (χ3n) is 3.04. The summed E-state index contributed by atoms with van der Waals surface area (Å²) in [5.74, 6) is 0.998. The van der Waals surface area contributed by atoms with Crippen molar-refractivity contribution in [2.24, 2.45) is 0 Å². The van der Waals surface area contributed by atoms with Crippen LogP contribution in [-0.4, -0.2) is 42.4 Å². The van der Waals surface area contributed by atoms with Crippen LogP contribution in [0.3, 0.4) is 0 Å². The molecule has 0 aliphatic carbocycles. The highest BCUT2D eigenvalue weighted by molar-refractivity contribution is 7.91. The van der Waals surface area contributed by atoms with Crippen LogP contribution >= 0.6 is 0 Å². The summed E-state index contributed by atoms with van der Waals surface area (Å²) in [6.45, 7) is 3.26. The third kappa shape index (κ3) is 3.17. The highest BCUT2D eigenvalue weighted by atomic mass is 32.2. The Hall–Kier alpha value is -1.14. The molecule has 1 aromatic rings. The van der Waals surface area contributed by atoms with Gasteiger partial charge >= 0.3 is 0 Å². The van der Waals surface area contributed by atoms with Crippen LogP contribution in [0.15, 0.2) is 18.3 Å². The number of anilines is 1. The second kappa shape index (κ2) is 4.62. The summed E-state index contributed by atoms with van der Waals surface area (Å²) in [6.07, 6.45) is 1.74. The van der Waals surface area contributed by atoms with Crippen LogP contribution in [0.25, 0.3) is 0 Å². The Morgan fingerprint density at radius 1 is 1.53 bits per heavy atom. The van der Waals surface area contributed by atoms with E-state index in [-0.39, 0.29) is 17.5 Å². The van der Waals surface area contributed by atoms with Crippen molar-refractivity contribution in [3.8, 4) is 0 Å². The molecule has 94 valence electrons. The lowest BCUT2D eigenvalue weighted by Crippen LogP contribution is -2.46. The largest absolute Gasteiger partial charge is 0.384 e. The van der Waals surface area contributed by atoms with Crippen molar-refractivity contribution in [3.05, 3.63) is 23.9 Å². The van der Waals surface area contributed by atoms with Gasteiger partial charge in [0.15, 0.2) is 9.84 Å². The Morgan fingerprint density at radius 2 is 2.29 bits per heavy atom. The van der Waals surface area contributed by atoms with Crippen molar-refractivity contribution in [2.75, 3.05) is 23.8 Å². The van der Waals surface area contributed by atoms with Gasteiger partial charge < -0.3 is 5.73 Å². The maximum absolute atomic E-state index is 11.4. The number of aromatic nitrogens is 1. The maximum atomic E-state index is 11.4. The Morgan fingerprint density at radius 3 is 2.88 bits per heavy atom. The Labute approximate surface area is 102 Å². The average Bonchev–Trinajstić information content (AvgIpc) is 2.24. The fraction of sp³-hybridized carbons (Fsp3) is 0.545. The third-order valence-corrected chi connectivity index (χ3v) is 4.84. The van der Waals surface area contributed by atoms with Crippen molar-refractivity contribution >= 4 is 15.7 Å². The molecule has 0 saturated carbocycles. The highest BCUT2D eigenvalue weighted by Gasteiger charge is 2.27. The van der Waals surface area contributed by atoms with E-state index in [1.54, 1.807) is 12.3 Å². The predicted octanol–water partition coefficient (Wildman–Crippen LogP) is 0.283. The number of pyridine rings is 1. The van der Waals surface area contributed by atoms with Crippen LogP contribution in [0.1, 0.15) is 12.5 Å². The molecular formula is C11H17N3O2S. The number of rotatable bonds is 2. The van der Waals surface area contributed by atoms with E-state index >= 15 is 0 Å². The molecule has 1 aliphatic rings. The van der Waals surface area contributed by atoms with E-state index in [9.17, 15) is 8.42 Å². The molecule has 0 radical (unpaired) electrons. The first-order valence-electron chi connectivity index (χ1n) is 5.61. The fourth-order valence-electron chi connectivity index (χ4n) is 2.03. The van der Waals surface area contributed by atoms with Gasteiger partial charge in [0.1, 0.15) is 5.82 Å². The molecule has 0 aromatic carbocycles. The molecule has 1 fully saturated rings. The number of sulfone groups is 1. The minimum atomic E-state index is -2.84. The van der Waals surface area contributed by atoms with Crippen LogP contribution in [0.4, 0.5) is 5.82 Å². The lowest BCUT2D eigenvalue weighted by atomic mass is 10.2. The van der Waals surface area contributed by atoms with E-state index in [4.69, 9.17) is 5.73 Å². The summed E-state index contributed by atoms with van der Waals surface area (Å²) in [5.41, 5.74) is 6.58. The summed E-state index contributed by atoms with van der Waals surface area (Å²) in [5, 5.41) is 0. The fourth-order valence-corrected chi connectivity index (χ4v) is 3.66.